The summed E-state index contributed by atoms with van der Waals surface area (Å²) in [5.74, 6) is 0. The Morgan fingerprint density at radius 2 is 2.08 bits per heavy atom. The van der Waals surface area contributed by atoms with Gasteiger partial charge in [-0.1, -0.05) is 17.7 Å². The highest BCUT2D eigenvalue weighted by molar-refractivity contribution is 6.33. The molecule has 0 spiro atoms. The van der Waals surface area contributed by atoms with Crippen LogP contribution in [0.5, 0.6) is 0 Å². The predicted molar refractivity (Wildman–Crippen MR) is 93.4 cm³/mol. The number of rotatable bonds is 3. The number of hydrogen-bond acceptors (Lipinski definition) is 5. The lowest BCUT2D eigenvalue weighted by Gasteiger charge is -2.57. The van der Waals surface area contributed by atoms with E-state index in [4.69, 9.17) is 11.6 Å². The lowest BCUT2D eigenvalue weighted by atomic mass is 9.86. The Morgan fingerprint density at radius 3 is 2.79 bits per heavy atom. The number of aromatic nitrogens is 3. The minimum absolute atomic E-state index is 0.241. The molecule has 3 aliphatic heterocycles. The van der Waals surface area contributed by atoms with Gasteiger partial charge in [0, 0.05) is 45.0 Å². The van der Waals surface area contributed by atoms with Crippen molar-refractivity contribution in [3.8, 4) is 0 Å². The van der Waals surface area contributed by atoms with Gasteiger partial charge in [-0.25, -0.2) is 4.68 Å². The van der Waals surface area contributed by atoms with Crippen molar-refractivity contribution >= 4 is 17.3 Å². The number of piperidine rings is 1. The van der Waals surface area contributed by atoms with Gasteiger partial charge >= 0.3 is 0 Å². The Bertz CT molecular complexity index is 824. The molecule has 5 heterocycles. The van der Waals surface area contributed by atoms with Crippen molar-refractivity contribution in [3.05, 3.63) is 51.2 Å². The van der Waals surface area contributed by atoms with Gasteiger partial charge in [0.25, 0.3) is 5.56 Å². The number of fused-ring (bicyclic) bond motifs is 2. The summed E-state index contributed by atoms with van der Waals surface area (Å²) < 4.78 is 1.27. The first-order valence-electron chi connectivity index (χ1n) is 8.17. The molecule has 3 saturated heterocycles. The maximum absolute atomic E-state index is 12.0. The summed E-state index contributed by atoms with van der Waals surface area (Å²) >= 11 is 6.24. The van der Waals surface area contributed by atoms with Crippen molar-refractivity contribution in [1.29, 1.82) is 0 Å². The zero-order chi connectivity index (χ0) is 16.8. The second kappa shape index (κ2) is 5.86. The molecule has 0 saturated carbocycles. The number of nitrogens with zero attached hydrogens (tertiary/aromatic N) is 5. The molecule has 2 atom stereocenters. The highest BCUT2D eigenvalue weighted by Gasteiger charge is 2.45. The number of pyridine rings is 1. The minimum atomic E-state index is -0.241. The molecule has 0 N–H and O–H groups in total. The van der Waals surface area contributed by atoms with Crippen LogP contribution in [0.2, 0.25) is 5.02 Å². The SMILES string of the molecule is Cc1cccnc1CN1C2CC1CN(c1cnn(C)c(=O)c1Cl)C2. The first kappa shape index (κ1) is 15.6. The zero-order valence-corrected chi connectivity index (χ0v) is 14.6. The highest BCUT2D eigenvalue weighted by atomic mass is 35.5. The maximum atomic E-state index is 12.0. The van der Waals surface area contributed by atoms with Crippen LogP contribution in [0.15, 0.2) is 29.3 Å². The molecule has 3 fully saturated rings. The van der Waals surface area contributed by atoms with E-state index in [1.165, 1.54) is 16.7 Å². The van der Waals surface area contributed by atoms with E-state index in [0.717, 1.165) is 31.0 Å². The van der Waals surface area contributed by atoms with Crippen LogP contribution in [0, 0.1) is 6.92 Å². The Kier molecular flexibility index (Phi) is 3.81. The molecular formula is C17H20ClN5O. The van der Waals surface area contributed by atoms with Crippen LogP contribution in [-0.2, 0) is 13.6 Å². The number of piperazine rings is 1. The third-order valence-corrected chi connectivity index (χ3v) is 5.55. The molecular weight excluding hydrogens is 326 g/mol. The monoisotopic (exact) mass is 345 g/mol. The quantitative estimate of drug-likeness (QED) is 0.845. The highest BCUT2D eigenvalue weighted by Crippen LogP contribution is 2.36. The van der Waals surface area contributed by atoms with Crippen molar-refractivity contribution in [2.24, 2.45) is 7.05 Å². The van der Waals surface area contributed by atoms with Crippen LogP contribution in [0.4, 0.5) is 5.69 Å². The number of hydrogen-bond donors (Lipinski definition) is 0. The van der Waals surface area contributed by atoms with Crippen molar-refractivity contribution in [2.45, 2.75) is 32.0 Å². The van der Waals surface area contributed by atoms with Gasteiger partial charge in [0.2, 0.25) is 0 Å². The van der Waals surface area contributed by atoms with Crippen molar-refractivity contribution < 1.29 is 0 Å². The molecule has 2 aromatic heterocycles. The standard InChI is InChI=1S/C17H20ClN5O/c1-11-4-3-5-19-14(11)10-23-12-6-13(23)9-22(8-12)15-7-20-21(2)17(24)16(15)18/h3-5,7,12-13H,6,8-10H2,1-2H3. The van der Waals surface area contributed by atoms with Gasteiger partial charge < -0.3 is 4.90 Å². The van der Waals surface area contributed by atoms with Crippen LogP contribution >= 0.6 is 11.6 Å². The second-order valence-corrected chi connectivity index (χ2v) is 7.04. The molecule has 2 unspecified atom stereocenters. The van der Waals surface area contributed by atoms with E-state index in [9.17, 15) is 4.79 Å². The maximum Gasteiger partial charge on any atom is 0.287 e. The van der Waals surface area contributed by atoms with E-state index in [2.05, 4.69) is 32.9 Å². The Hall–Kier alpha value is -1.92. The summed E-state index contributed by atoms with van der Waals surface area (Å²) in [4.78, 5) is 21.2. The molecule has 0 aromatic carbocycles. The lowest BCUT2D eigenvalue weighted by Crippen LogP contribution is -2.68. The first-order valence-corrected chi connectivity index (χ1v) is 8.55. The summed E-state index contributed by atoms with van der Waals surface area (Å²) in [6.45, 7) is 4.74. The molecule has 0 aliphatic carbocycles. The smallest absolute Gasteiger partial charge is 0.287 e. The predicted octanol–water partition coefficient (Wildman–Crippen LogP) is 1.60. The summed E-state index contributed by atoms with van der Waals surface area (Å²) in [5, 5.41) is 4.37. The Labute approximate surface area is 145 Å². The molecule has 2 aromatic rings. The third-order valence-electron chi connectivity index (χ3n) is 5.20. The first-order chi connectivity index (χ1) is 11.5. The van der Waals surface area contributed by atoms with Gasteiger partial charge in [0.05, 0.1) is 17.6 Å². The van der Waals surface area contributed by atoms with Crippen molar-refractivity contribution in [3.63, 3.8) is 0 Å². The molecule has 7 heteroatoms. The summed E-state index contributed by atoms with van der Waals surface area (Å²) in [6.07, 6.45) is 4.75. The molecule has 24 heavy (non-hydrogen) atoms. The molecule has 0 amide bonds. The molecule has 2 bridgehead atoms. The van der Waals surface area contributed by atoms with Crippen molar-refractivity contribution in [2.75, 3.05) is 18.0 Å². The van der Waals surface area contributed by atoms with E-state index in [-0.39, 0.29) is 10.6 Å². The molecule has 0 radical (unpaired) electrons. The summed E-state index contributed by atoms with van der Waals surface area (Å²) in [7, 11) is 1.61. The molecule has 126 valence electrons. The van der Waals surface area contributed by atoms with Gasteiger partial charge in [-0.05, 0) is 25.0 Å². The zero-order valence-electron chi connectivity index (χ0n) is 13.8. The third kappa shape index (κ3) is 2.50. The largest absolute Gasteiger partial charge is 0.366 e. The topological polar surface area (TPSA) is 54.3 Å². The minimum Gasteiger partial charge on any atom is -0.366 e. The van der Waals surface area contributed by atoms with Gasteiger partial charge in [-0.15, -0.1) is 0 Å². The number of aryl methyl sites for hydroxylation is 2. The van der Waals surface area contributed by atoms with E-state index >= 15 is 0 Å². The van der Waals surface area contributed by atoms with Gasteiger partial charge in [-0.2, -0.15) is 5.10 Å². The summed E-state index contributed by atoms with van der Waals surface area (Å²) in [6, 6.07) is 5.04. The summed E-state index contributed by atoms with van der Waals surface area (Å²) in [5.41, 5.74) is 2.89. The van der Waals surface area contributed by atoms with Gasteiger partial charge in [-0.3, -0.25) is 14.7 Å². The molecule has 3 aliphatic rings. The van der Waals surface area contributed by atoms with Gasteiger partial charge in [0.15, 0.2) is 0 Å². The number of anilines is 1. The van der Waals surface area contributed by atoms with Crippen LogP contribution in [0.25, 0.3) is 0 Å². The normalized spacial score (nSPS) is 23.2. The molecule has 5 rings (SSSR count). The van der Waals surface area contributed by atoms with Crippen LogP contribution in [0.3, 0.4) is 0 Å². The Balaban J connectivity index is 1.50. The van der Waals surface area contributed by atoms with E-state index in [1.54, 1.807) is 13.2 Å². The lowest BCUT2D eigenvalue weighted by molar-refractivity contribution is -0.00961. The van der Waals surface area contributed by atoms with Gasteiger partial charge in [0.1, 0.15) is 5.02 Å². The number of halogens is 1. The van der Waals surface area contributed by atoms with Crippen molar-refractivity contribution in [1.82, 2.24) is 19.7 Å². The molecule has 6 nitrogen and oxygen atoms in total. The van der Waals surface area contributed by atoms with Crippen LogP contribution < -0.4 is 10.5 Å². The average molecular weight is 346 g/mol. The van der Waals surface area contributed by atoms with E-state index < -0.39 is 0 Å². The van der Waals surface area contributed by atoms with Crippen LogP contribution in [0.1, 0.15) is 17.7 Å². The fraction of sp³-hybridized carbons (Fsp3) is 0.471. The fourth-order valence-corrected chi connectivity index (χ4v) is 4.01. The Morgan fingerprint density at radius 1 is 1.33 bits per heavy atom. The fourth-order valence-electron chi connectivity index (χ4n) is 3.72. The van der Waals surface area contributed by atoms with E-state index in [1.807, 2.05) is 12.3 Å². The second-order valence-electron chi connectivity index (χ2n) is 6.66. The average Bonchev–Trinajstić information content (AvgIpc) is 2.59. The van der Waals surface area contributed by atoms with Crippen LogP contribution in [-0.4, -0.2) is 44.8 Å². The van der Waals surface area contributed by atoms with E-state index in [0.29, 0.717) is 12.1 Å².